The Kier molecular flexibility index (Phi) is 4.42. The van der Waals surface area contributed by atoms with Crippen LogP contribution in [-0.4, -0.2) is 24.3 Å². The zero-order valence-corrected chi connectivity index (χ0v) is 12.2. The van der Waals surface area contributed by atoms with Crippen LogP contribution in [0.4, 0.5) is 5.13 Å². The number of anilines is 1. The largest absolute Gasteiger partial charge is 0.302 e. The zero-order valence-electron chi connectivity index (χ0n) is 10.5. The number of carbonyl (C=O) groups excluding carboxylic acids is 1. The molecular formula is C11H12N4O3S2. The van der Waals surface area contributed by atoms with Gasteiger partial charge in [-0.1, -0.05) is 17.4 Å². The Hall–Kier alpha value is -1.84. The molecule has 2 rings (SSSR count). The number of nitrogens with zero attached hydrogens (tertiary/aromatic N) is 2. The first-order valence-corrected chi connectivity index (χ1v) is 7.90. The average Bonchev–Trinajstić information content (AvgIpc) is 2.86. The van der Waals surface area contributed by atoms with Gasteiger partial charge >= 0.3 is 0 Å². The van der Waals surface area contributed by atoms with Crippen molar-refractivity contribution in [1.82, 2.24) is 14.7 Å². The number of carbonyl (C=O) groups is 1. The molecule has 0 saturated heterocycles. The summed E-state index contributed by atoms with van der Waals surface area (Å²) in [5.41, 5.74) is 0.614. The van der Waals surface area contributed by atoms with Crippen LogP contribution in [-0.2, 0) is 21.4 Å². The Morgan fingerprint density at radius 2 is 2.15 bits per heavy atom. The standard InChI is InChI=1S/C11H12N4O3S2/c1-8(16)15-11-13-7-10(19-11)20(17,18)14-6-9-4-2-3-5-12-9/h2-5,7,14H,6H2,1H3,(H,13,15,16). The fourth-order valence-electron chi connectivity index (χ4n) is 1.33. The number of amides is 1. The second-order valence-corrected chi connectivity index (χ2v) is 6.84. The maximum Gasteiger partial charge on any atom is 0.252 e. The number of hydrogen-bond donors (Lipinski definition) is 2. The number of aromatic nitrogens is 2. The Labute approximate surface area is 120 Å². The molecule has 2 aromatic rings. The van der Waals surface area contributed by atoms with Crippen LogP contribution in [0.1, 0.15) is 12.6 Å². The highest BCUT2D eigenvalue weighted by Crippen LogP contribution is 2.22. The molecule has 0 aliphatic carbocycles. The summed E-state index contributed by atoms with van der Waals surface area (Å²) < 4.78 is 26.5. The van der Waals surface area contributed by atoms with E-state index < -0.39 is 10.0 Å². The number of rotatable bonds is 5. The first-order chi connectivity index (χ1) is 9.47. The number of sulfonamides is 1. The molecule has 0 bridgehead atoms. The van der Waals surface area contributed by atoms with E-state index >= 15 is 0 Å². The summed E-state index contributed by atoms with van der Waals surface area (Å²) in [5, 5.41) is 2.68. The summed E-state index contributed by atoms with van der Waals surface area (Å²) in [6.45, 7) is 1.42. The van der Waals surface area contributed by atoms with Crippen LogP contribution in [0, 0.1) is 0 Å². The molecule has 2 N–H and O–H groups in total. The lowest BCUT2D eigenvalue weighted by Crippen LogP contribution is -2.22. The van der Waals surface area contributed by atoms with Gasteiger partial charge in [-0.15, -0.1) is 0 Å². The fourth-order valence-corrected chi connectivity index (χ4v) is 3.45. The summed E-state index contributed by atoms with van der Waals surface area (Å²) in [7, 11) is -3.66. The molecule has 0 spiro atoms. The topological polar surface area (TPSA) is 101 Å². The van der Waals surface area contributed by atoms with Crippen LogP contribution in [0.2, 0.25) is 0 Å². The molecule has 0 atom stereocenters. The highest BCUT2D eigenvalue weighted by molar-refractivity contribution is 7.91. The van der Waals surface area contributed by atoms with E-state index in [1.807, 2.05) is 0 Å². The molecule has 0 saturated carbocycles. The van der Waals surface area contributed by atoms with E-state index in [2.05, 4.69) is 20.0 Å². The minimum absolute atomic E-state index is 0.0391. The normalized spacial score (nSPS) is 11.2. The third-order valence-electron chi connectivity index (χ3n) is 2.20. The summed E-state index contributed by atoms with van der Waals surface area (Å²) in [6, 6.07) is 5.25. The Bertz CT molecular complexity index is 697. The molecule has 2 heterocycles. The van der Waals surface area contributed by atoms with Crippen molar-refractivity contribution in [1.29, 1.82) is 0 Å². The second kappa shape index (κ2) is 6.07. The van der Waals surface area contributed by atoms with Gasteiger partial charge in [-0.25, -0.2) is 18.1 Å². The molecule has 0 fully saturated rings. The van der Waals surface area contributed by atoms with Crippen LogP contribution >= 0.6 is 11.3 Å². The van der Waals surface area contributed by atoms with Gasteiger partial charge in [0.1, 0.15) is 0 Å². The second-order valence-electron chi connectivity index (χ2n) is 3.81. The summed E-state index contributed by atoms with van der Waals surface area (Å²) >= 11 is 0.889. The number of pyridine rings is 1. The predicted octanol–water partition coefficient (Wildman–Crippen LogP) is 0.975. The van der Waals surface area contributed by atoms with Gasteiger partial charge in [0.15, 0.2) is 9.34 Å². The van der Waals surface area contributed by atoms with Gasteiger partial charge in [0.2, 0.25) is 5.91 Å². The molecule has 2 aromatic heterocycles. The maximum absolute atomic E-state index is 12.0. The monoisotopic (exact) mass is 312 g/mol. The van der Waals surface area contributed by atoms with Gasteiger partial charge in [-0.3, -0.25) is 9.78 Å². The molecule has 9 heteroatoms. The van der Waals surface area contributed by atoms with Gasteiger partial charge < -0.3 is 5.32 Å². The molecular weight excluding hydrogens is 300 g/mol. The van der Waals surface area contributed by atoms with Crippen LogP contribution in [0.25, 0.3) is 0 Å². The van der Waals surface area contributed by atoms with Gasteiger partial charge in [-0.2, -0.15) is 0 Å². The third-order valence-corrected chi connectivity index (χ3v) is 4.98. The lowest BCUT2D eigenvalue weighted by molar-refractivity contribution is -0.114. The number of nitrogens with one attached hydrogen (secondary N) is 2. The van der Waals surface area contributed by atoms with Crippen LogP contribution in [0.15, 0.2) is 34.8 Å². The van der Waals surface area contributed by atoms with Crippen molar-refractivity contribution in [3.8, 4) is 0 Å². The summed E-state index contributed by atoms with van der Waals surface area (Å²) in [5.74, 6) is -0.301. The zero-order chi connectivity index (χ0) is 14.6. The summed E-state index contributed by atoms with van der Waals surface area (Å²) in [4.78, 5) is 18.7. The van der Waals surface area contributed by atoms with Gasteiger partial charge in [0.05, 0.1) is 18.4 Å². The van der Waals surface area contributed by atoms with E-state index in [0.29, 0.717) is 5.69 Å². The molecule has 0 aliphatic rings. The molecule has 0 unspecified atom stereocenters. The number of hydrogen-bond acceptors (Lipinski definition) is 6. The fraction of sp³-hybridized carbons (Fsp3) is 0.182. The van der Waals surface area contributed by atoms with E-state index in [1.54, 1.807) is 24.4 Å². The van der Waals surface area contributed by atoms with E-state index in [0.717, 1.165) is 11.3 Å². The van der Waals surface area contributed by atoms with Crippen molar-refractivity contribution in [2.45, 2.75) is 17.7 Å². The highest BCUT2D eigenvalue weighted by Gasteiger charge is 2.18. The van der Waals surface area contributed by atoms with Gasteiger partial charge in [0.25, 0.3) is 10.0 Å². The first-order valence-electron chi connectivity index (χ1n) is 5.60. The quantitative estimate of drug-likeness (QED) is 0.857. The minimum Gasteiger partial charge on any atom is -0.302 e. The molecule has 1 amide bonds. The van der Waals surface area contributed by atoms with Crippen molar-refractivity contribution in [2.75, 3.05) is 5.32 Å². The van der Waals surface area contributed by atoms with Crippen molar-refractivity contribution in [3.63, 3.8) is 0 Å². The lowest BCUT2D eigenvalue weighted by Gasteiger charge is -2.03. The van der Waals surface area contributed by atoms with E-state index in [1.165, 1.54) is 13.1 Å². The van der Waals surface area contributed by atoms with Crippen molar-refractivity contribution in [3.05, 3.63) is 36.3 Å². The molecule has 20 heavy (non-hydrogen) atoms. The molecule has 0 radical (unpaired) electrons. The van der Waals surface area contributed by atoms with Crippen molar-refractivity contribution >= 4 is 32.4 Å². The minimum atomic E-state index is -3.66. The van der Waals surface area contributed by atoms with Crippen molar-refractivity contribution in [2.24, 2.45) is 0 Å². The van der Waals surface area contributed by atoms with Crippen LogP contribution < -0.4 is 10.0 Å². The van der Waals surface area contributed by atoms with E-state index in [4.69, 9.17) is 0 Å². The lowest BCUT2D eigenvalue weighted by atomic mass is 10.4. The molecule has 7 nitrogen and oxygen atoms in total. The first kappa shape index (κ1) is 14.6. The van der Waals surface area contributed by atoms with E-state index in [-0.39, 0.29) is 21.8 Å². The van der Waals surface area contributed by atoms with E-state index in [9.17, 15) is 13.2 Å². The molecule has 0 aromatic carbocycles. The maximum atomic E-state index is 12.0. The SMILES string of the molecule is CC(=O)Nc1ncc(S(=O)(=O)NCc2ccccn2)s1. The third kappa shape index (κ3) is 3.83. The summed E-state index contributed by atoms with van der Waals surface area (Å²) in [6.07, 6.45) is 2.79. The smallest absolute Gasteiger partial charge is 0.252 e. The number of thiazole rings is 1. The Morgan fingerprint density at radius 3 is 2.80 bits per heavy atom. The van der Waals surface area contributed by atoms with Gasteiger partial charge in [0, 0.05) is 13.1 Å². The van der Waals surface area contributed by atoms with Gasteiger partial charge in [-0.05, 0) is 12.1 Å². The molecule has 106 valence electrons. The van der Waals surface area contributed by atoms with Crippen LogP contribution in [0.3, 0.4) is 0 Å². The average molecular weight is 312 g/mol. The predicted molar refractivity (Wildman–Crippen MR) is 74.7 cm³/mol. The Morgan fingerprint density at radius 1 is 1.35 bits per heavy atom. The van der Waals surface area contributed by atoms with Crippen molar-refractivity contribution < 1.29 is 13.2 Å². The van der Waals surface area contributed by atoms with Crippen LogP contribution in [0.5, 0.6) is 0 Å². The highest BCUT2D eigenvalue weighted by atomic mass is 32.2. The molecule has 0 aliphatic heterocycles. The Balaban J connectivity index is 2.06.